The Hall–Kier alpha value is -2.43. The molecule has 0 saturated heterocycles. The predicted octanol–water partition coefficient (Wildman–Crippen LogP) is 2.67. The van der Waals surface area contributed by atoms with E-state index in [1.807, 2.05) is 26.0 Å². The van der Waals surface area contributed by atoms with Gasteiger partial charge in [0.25, 0.3) is 5.91 Å². The summed E-state index contributed by atoms with van der Waals surface area (Å²) in [5.41, 5.74) is 7.87. The minimum Gasteiger partial charge on any atom is -0.381 e. The summed E-state index contributed by atoms with van der Waals surface area (Å²) in [6.45, 7) is 3.83. The fourth-order valence-electron chi connectivity index (χ4n) is 1.71. The van der Waals surface area contributed by atoms with Gasteiger partial charge in [-0.3, -0.25) is 4.79 Å². The van der Waals surface area contributed by atoms with Gasteiger partial charge in [-0.2, -0.15) is 0 Å². The Morgan fingerprint density at radius 2 is 2.05 bits per heavy atom. The molecule has 0 bridgehead atoms. The number of nitrogen functional groups attached to an aromatic ring is 1. The molecule has 0 aliphatic heterocycles. The molecule has 1 aromatic carbocycles. The lowest BCUT2D eigenvalue weighted by molar-refractivity contribution is 0.102. The van der Waals surface area contributed by atoms with Gasteiger partial charge >= 0.3 is 0 Å². The second kappa shape index (κ2) is 5.06. The van der Waals surface area contributed by atoms with Crippen molar-refractivity contribution in [1.29, 1.82) is 0 Å². The van der Waals surface area contributed by atoms with Crippen LogP contribution in [0.25, 0.3) is 0 Å². The summed E-state index contributed by atoms with van der Waals surface area (Å²) in [4.78, 5) is 15.6. The van der Waals surface area contributed by atoms with Gasteiger partial charge in [0.05, 0.1) is 5.56 Å². The lowest BCUT2D eigenvalue weighted by Crippen LogP contribution is -2.16. The van der Waals surface area contributed by atoms with E-state index in [2.05, 4.69) is 10.3 Å². The number of nitrogens with one attached hydrogen (secondary N) is 1. The number of pyridine rings is 1. The lowest BCUT2D eigenvalue weighted by Gasteiger charge is -2.11. The number of nitrogens with two attached hydrogens (primary N) is 1. The highest BCUT2D eigenvalue weighted by Gasteiger charge is 2.15. The molecule has 2 rings (SSSR count). The third-order valence-electron chi connectivity index (χ3n) is 3.01. The van der Waals surface area contributed by atoms with Gasteiger partial charge in [0.15, 0.2) is 11.6 Å². The first-order valence-electron chi connectivity index (χ1n) is 5.78. The first-order valence-corrected chi connectivity index (χ1v) is 5.78. The van der Waals surface area contributed by atoms with Crippen molar-refractivity contribution in [1.82, 2.24) is 4.98 Å². The number of rotatable bonds is 2. The van der Waals surface area contributed by atoms with Crippen LogP contribution >= 0.6 is 0 Å². The average molecular weight is 259 g/mol. The summed E-state index contributed by atoms with van der Waals surface area (Å²) in [6, 6.07) is 6.83. The van der Waals surface area contributed by atoms with Crippen molar-refractivity contribution >= 4 is 17.4 Å². The van der Waals surface area contributed by atoms with Crippen LogP contribution in [0.2, 0.25) is 0 Å². The molecule has 98 valence electrons. The first kappa shape index (κ1) is 13.0. The van der Waals surface area contributed by atoms with E-state index in [9.17, 15) is 9.18 Å². The Labute approximate surface area is 110 Å². The van der Waals surface area contributed by atoms with Crippen LogP contribution in [0.4, 0.5) is 15.9 Å². The topological polar surface area (TPSA) is 68.0 Å². The molecule has 1 heterocycles. The summed E-state index contributed by atoms with van der Waals surface area (Å²) < 4.78 is 13.7. The molecule has 0 unspecified atom stereocenters. The first-order chi connectivity index (χ1) is 9.00. The number of hydrogen-bond donors (Lipinski definition) is 2. The molecule has 5 heteroatoms. The molecule has 0 fully saturated rings. The highest BCUT2D eigenvalue weighted by atomic mass is 19.1. The second-order valence-electron chi connectivity index (χ2n) is 4.26. The maximum absolute atomic E-state index is 13.7. The Balaban J connectivity index is 2.31. The highest BCUT2D eigenvalue weighted by Crippen LogP contribution is 2.20. The lowest BCUT2D eigenvalue weighted by atomic mass is 10.1. The van der Waals surface area contributed by atoms with Gasteiger partial charge in [-0.25, -0.2) is 9.37 Å². The van der Waals surface area contributed by atoms with E-state index in [0.29, 0.717) is 5.69 Å². The number of benzene rings is 1. The van der Waals surface area contributed by atoms with Crippen molar-refractivity contribution < 1.29 is 9.18 Å². The van der Waals surface area contributed by atoms with Crippen LogP contribution in [0.3, 0.4) is 0 Å². The Kier molecular flexibility index (Phi) is 3.46. The quantitative estimate of drug-likeness (QED) is 0.871. The molecular weight excluding hydrogens is 245 g/mol. The summed E-state index contributed by atoms with van der Waals surface area (Å²) in [5, 5.41) is 2.67. The normalized spacial score (nSPS) is 10.3. The fourth-order valence-corrected chi connectivity index (χ4v) is 1.71. The van der Waals surface area contributed by atoms with Crippen LogP contribution in [0, 0.1) is 19.7 Å². The number of amides is 1. The molecule has 1 aromatic heterocycles. The number of halogens is 1. The number of nitrogens with zero attached hydrogens (tertiary/aromatic N) is 1. The van der Waals surface area contributed by atoms with Crippen LogP contribution in [0.5, 0.6) is 0 Å². The minimum absolute atomic E-state index is 0.117. The molecule has 4 nitrogen and oxygen atoms in total. The molecule has 19 heavy (non-hydrogen) atoms. The van der Waals surface area contributed by atoms with E-state index < -0.39 is 11.7 Å². The van der Waals surface area contributed by atoms with Crippen molar-refractivity contribution in [2.75, 3.05) is 11.1 Å². The third kappa shape index (κ3) is 2.54. The maximum Gasteiger partial charge on any atom is 0.258 e. The van der Waals surface area contributed by atoms with Crippen LogP contribution < -0.4 is 11.1 Å². The minimum atomic E-state index is -0.801. The molecule has 0 radical (unpaired) electrons. The Bertz CT molecular complexity index is 641. The van der Waals surface area contributed by atoms with E-state index >= 15 is 0 Å². The van der Waals surface area contributed by atoms with E-state index in [-0.39, 0.29) is 11.4 Å². The van der Waals surface area contributed by atoms with Gasteiger partial charge in [-0.05, 0) is 37.1 Å². The van der Waals surface area contributed by atoms with Crippen molar-refractivity contribution in [3.8, 4) is 0 Å². The van der Waals surface area contributed by atoms with Gasteiger partial charge in [0.1, 0.15) is 0 Å². The zero-order valence-electron chi connectivity index (χ0n) is 10.7. The van der Waals surface area contributed by atoms with Crippen LogP contribution in [0.15, 0.2) is 30.5 Å². The highest BCUT2D eigenvalue weighted by molar-refractivity contribution is 6.05. The standard InChI is InChI=1S/C14H14FN3O/c1-8-4-3-5-11(9(8)2)18-14(19)10-6-7-17-13(16)12(10)15/h3-7H,1-2H3,(H2,16,17)(H,18,19). The van der Waals surface area contributed by atoms with E-state index in [1.165, 1.54) is 12.3 Å². The van der Waals surface area contributed by atoms with Crippen LogP contribution in [0.1, 0.15) is 21.5 Å². The zero-order chi connectivity index (χ0) is 14.0. The molecule has 0 aliphatic carbocycles. The van der Waals surface area contributed by atoms with Gasteiger partial charge in [0.2, 0.25) is 0 Å². The molecule has 0 aliphatic rings. The van der Waals surface area contributed by atoms with Gasteiger partial charge < -0.3 is 11.1 Å². The number of aryl methyl sites for hydroxylation is 1. The van der Waals surface area contributed by atoms with Gasteiger partial charge in [0, 0.05) is 11.9 Å². The van der Waals surface area contributed by atoms with Crippen LogP contribution in [-0.4, -0.2) is 10.9 Å². The van der Waals surface area contributed by atoms with Crippen molar-refractivity contribution in [2.45, 2.75) is 13.8 Å². The monoisotopic (exact) mass is 259 g/mol. The second-order valence-corrected chi connectivity index (χ2v) is 4.26. The number of carbonyl (C=O) groups excluding carboxylic acids is 1. The van der Waals surface area contributed by atoms with E-state index in [0.717, 1.165) is 11.1 Å². The molecule has 0 spiro atoms. The average Bonchev–Trinajstić information content (AvgIpc) is 2.38. The molecular formula is C14H14FN3O. The summed E-state index contributed by atoms with van der Waals surface area (Å²) in [7, 11) is 0. The Morgan fingerprint density at radius 3 is 2.79 bits per heavy atom. The smallest absolute Gasteiger partial charge is 0.258 e. The number of anilines is 2. The molecule has 0 saturated carbocycles. The molecule has 0 atom stereocenters. The zero-order valence-corrected chi connectivity index (χ0v) is 10.7. The molecule has 1 amide bonds. The molecule has 3 N–H and O–H groups in total. The van der Waals surface area contributed by atoms with Crippen molar-refractivity contribution in [2.24, 2.45) is 0 Å². The van der Waals surface area contributed by atoms with E-state index in [4.69, 9.17) is 5.73 Å². The van der Waals surface area contributed by atoms with Crippen LogP contribution in [-0.2, 0) is 0 Å². The van der Waals surface area contributed by atoms with Gasteiger partial charge in [-0.1, -0.05) is 12.1 Å². The Morgan fingerprint density at radius 1 is 1.32 bits per heavy atom. The van der Waals surface area contributed by atoms with Crippen molar-refractivity contribution in [3.63, 3.8) is 0 Å². The third-order valence-corrected chi connectivity index (χ3v) is 3.01. The SMILES string of the molecule is Cc1cccc(NC(=O)c2ccnc(N)c2F)c1C. The van der Waals surface area contributed by atoms with Gasteiger partial charge in [-0.15, -0.1) is 0 Å². The van der Waals surface area contributed by atoms with Crippen molar-refractivity contribution in [3.05, 3.63) is 53.0 Å². The number of carbonyl (C=O) groups is 1. The molecule has 2 aromatic rings. The number of hydrogen-bond acceptors (Lipinski definition) is 3. The summed E-state index contributed by atoms with van der Waals surface area (Å²) in [5.74, 6) is -1.63. The fraction of sp³-hybridized carbons (Fsp3) is 0.143. The largest absolute Gasteiger partial charge is 0.381 e. The predicted molar refractivity (Wildman–Crippen MR) is 72.5 cm³/mol. The summed E-state index contributed by atoms with van der Waals surface area (Å²) >= 11 is 0. The number of aromatic nitrogens is 1. The van der Waals surface area contributed by atoms with E-state index in [1.54, 1.807) is 6.07 Å². The summed E-state index contributed by atoms with van der Waals surface area (Å²) in [6.07, 6.45) is 1.30. The maximum atomic E-state index is 13.7.